The van der Waals surface area contributed by atoms with Crippen LogP contribution in [0.1, 0.15) is 44.1 Å². The number of carbonyl (C=O) groups excluding carboxylic acids is 1. The maximum Gasteiger partial charge on any atom is 0.250 e. The number of nitrogens with one attached hydrogen (secondary N) is 1. The summed E-state index contributed by atoms with van der Waals surface area (Å²) in [6.45, 7) is 6.84. The van der Waals surface area contributed by atoms with Crippen LogP contribution in [0, 0.1) is 0 Å². The average molecular weight is 462 g/mol. The average Bonchev–Trinajstić information content (AvgIpc) is 2.77. The number of amides is 1. The maximum absolute atomic E-state index is 12.5. The minimum Gasteiger partial charge on any atom is -0.488 e. The molecule has 0 bridgehead atoms. The van der Waals surface area contributed by atoms with Crippen molar-refractivity contribution in [2.45, 2.75) is 44.6 Å². The van der Waals surface area contributed by atoms with Crippen LogP contribution in [0.2, 0.25) is 0 Å². The summed E-state index contributed by atoms with van der Waals surface area (Å²) in [7, 11) is 0. The van der Waals surface area contributed by atoms with E-state index in [1.165, 1.54) is 45.2 Å². The predicted octanol–water partition coefficient (Wildman–Crippen LogP) is 3.68. The highest BCUT2D eigenvalue weighted by Gasteiger charge is 2.25. The van der Waals surface area contributed by atoms with Gasteiger partial charge in [0.15, 0.2) is 0 Å². The molecule has 5 nitrogen and oxygen atoms in total. The quantitative estimate of drug-likeness (QED) is 0.656. The van der Waals surface area contributed by atoms with Crippen molar-refractivity contribution in [3.63, 3.8) is 0 Å². The monoisotopic (exact) mass is 461 g/mol. The zero-order valence-electron chi connectivity index (χ0n) is 17.2. The van der Waals surface area contributed by atoms with Crippen LogP contribution < -0.4 is 10.1 Å². The Morgan fingerprint density at radius 2 is 1.93 bits per heavy atom. The third-order valence-corrected chi connectivity index (χ3v) is 6.90. The van der Waals surface area contributed by atoms with Gasteiger partial charge in [0, 0.05) is 48.8 Å². The second-order valence-electron chi connectivity index (χ2n) is 8.42. The lowest BCUT2D eigenvalue weighted by molar-refractivity contribution is -0.117. The normalized spacial score (nSPS) is 21.2. The Balaban J connectivity index is 1.15. The number of nitrogens with zero attached hydrogens (tertiary/aromatic N) is 2. The van der Waals surface area contributed by atoms with E-state index in [1.807, 2.05) is 24.3 Å². The fourth-order valence-corrected chi connectivity index (χ4v) is 5.07. The van der Waals surface area contributed by atoms with Crippen molar-refractivity contribution in [3.05, 3.63) is 33.8 Å². The van der Waals surface area contributed by atoms with Gasteiger partial charge in [0.1, 0.15) is 12.4 Å². The number of carbonyl (C=O) groups is 1. The van der Waals surface area contributed by atoms with Crippen molar-refractivity contribution < 1.29 is 9.53 Å². The van der Waals surface area contributed by atoms with E-state index in [9.17, 15) is 4.79 Å². The van der Waals surface area contributed by atoms with Crippen LogP contribution >= 0.6 is 15.9 Å². The topological polar surface area (TPSA) is 44.8 Å². The van der Waals surface area contributed by atoms with Crippen LogP contribution in [0.4, 0.5) is 0 Å². The zero-order chi connectivity index (χ0) is 20.1. The number of ether oxygens (including phenoxy) is 1. The molecule has 0 radical (unpaired) electrons. The van der Waals surface area contributed by atoms with E-state index in [-0.39, 0.29) is 5.91 Å². The minimum absolute atomic E-state index is 0.0160. The molecule has 0 aromatic heterocycles. The summed E-state index contributed by atoms with van der Waals surface area (Å²) in [4.78, 5) is 17.7. The van der Waals surface area contributed by atoms with E-state index in [2.05, 4.69) is 31.0 Å². The molecule has 2 fully saturated rings. The highest BCUT2D eigenvalue weighted by atomic mass is 79.9. The van der Waals surface area contributed by atoms with E-state index in [4.69, 9.17) is 4.74 Å². The summed E-state index contributed by atoms with van der Waals surface area (Å²) in [5.41, 5.74) is 1.64. The molecule has 0 atom stereocenters. The minimum atomic E-state index is -0.0160. The van der Waals surface area contributed by atoms with Gasteiger partial charge in [0.05, 0.1) is 5.57 Å². The first-order valence-corrected chi connectivity index (χ1v) is 11.9. The number of rotatable bonds is 6. The van der Waals surface area contributed by atoms with Crippen LogP contribution in [0.15, 0.2) is 28.2 Å². The van der Waals surface area contributed by atoms with Crippen LogP contribution in [0.25, 0.3) is 6.08 Å². The standard InChI is InChI=1S/C23H32BrN3O2/c24-20-7-8-22-18(16-20)15-19(17-29-22)23(28)25-9-4-10-26-11-13-27(14-12-26)21-5-2-1-3-6-21/h7-8,15-16,21H,1-6,9-14,17H2,(H,25,28). The molecule has 1 amide bonds. The zero-order valence-corrected chi connectivity index (χ0v) is 18.8. The van der Waals surface area contributed by atoms with Crippen molar-refractivity contribution in [3.8, 4) is 5.75 Å². The lowest BCUT2D eigenvalue weighted by atomic mass is 9.94. The Kier molecular flexibility index (Phi) is 7.27. The molecule has 2 aliphatic heterocycles. The molecular weight excluding hydrogens is 430 g/mol. The highest BCUT2D eigenvalue weighted by molar-refractivity contribution is 9.10. The van der Waals surface area contributed by atoms with Crippen molar-refractivity contribution in [2.75, 3.05) is 45.9 Å². The van der Waals surface area contributed by atoms with Gasteiger partial charge in [-0.05, 0) is 50.1 Å². The fraction of sp³-hybridized carbons (Fsp3) is 0.609. The Labute approximate surface area is 182 Å². The Hall–Kier alpha value is -1.37. The van der Waals surface area contributed by atoms with Gasteiger partial charge in [0.25, 0.3) is 5.91 Å². The number of halogens is 1. The van der Waals surface area contributed by atoms with Gasteiger partial charge in [-0.2, -0.15) is 0 Å². The molecule has 1 saturated carbocycles. The highest BCUT2D eigenvalue weighted by Crippen LogP contribution is 2.29. The molecule has 158 valence electrons. The largest absolute Gasteiger partial charge is 0.488 e. The molecule has 0 unspecified atom stereocenters. The van der Waals surface area contributed by atoms with Crippen LogP contribution in [0.5, 0.6) is 5.75 Å². The van der Waals surface area contributed by atoms with Gasteiger partial charge in [-0.1, -0.05) is 35.2 Å². The Bertz CT molecular complexity index is 738. The smallest absolute Gasteiger partial charge is 0.250 e. The number of hydrogen-bond donors (Lipinski definition) is 1. The van der Waals surface area contributed by atoms with Gasteiger partial charge >= 0.3 is 0 Å². The summed E-state index contributed by atoms with van der Waals surface area (Å²) < 4.78 is 6.70. The van der Waals surface area contributed by atoms with Gasteiger partial charge in [0.2, 0.25) is 0 Å². The molecular formula is C23H32BrN3O2. The van der Waals surface area contributed by atoms with Gasteiger partial charge in [-0.25, -0.2) is 0 Å². The predicted molar refractivity (Wildman–Crippen MR) is 120 cm³/mol. The molecule has 1 aromatic carbocycles. The second-order valence-corrected chi connectivity index (χ2v) is 9.33. The lowest BCUT2D eigenvalue weighted by Crippen LogP contribution is -2.51. The molecule has 4 rings (SSSR count). The van der Waals surface area contributed by atoms with E-state index >= 15 is 0 Å². The first-order chi connectivity index (χ1) is 14.2. The van der Waals surface area contributed by atoms with Gasteiger partial charge < -0.3 is 15.0 Å². The summed E-state index contributed by atoms with van der Waals surface area (Å²) in [6, 6.07) is 6.70. The molecule has 1 N–H and O–H groups in total. The third kappa shape index (κ3) is 5.62. The van der Waals surface area contributed by atoms with Gasteiger partial charge in [-0.15, -0.1) is 0 Å². The van der Waals surface area contributed by atoms with Crippen molar-refractivity contribution >= 4 is 27.9 Å². The van der Waals surface area contributed by atoms with E-state index in [1.54, 1.807) is 0 Å². The maximum atomic E-state index is 12.5. The molecule has 1 aromatic rings. The summed E-state index contributed by atoms with van der Waals surface area (Å²) in [6.07, 6.45) is 9.97. The SMILES string of the molecule is O=C(NCCCN1CCN(C2CCCCC2)CC1)C1=Cc2cc(Br)ccc2OC1. The van der Waals surface area contributed by atoms with Crippen molar-refractivity contribution in [1.82, 2.24) is 15.1 Å². The number of fused-ring (bicyclic) bond motifs is 1. The fourth-order valence-electron chi connectivity index (χ4n) is 4.70. The summed E-state index contributed by atoms with van der Waals surface area (Å²) >= 11 is 3.47. The Morgan fingerprint density at radius 3 is 2.72 bits per heavy atom. The molecule has 6 heteroatoms. The van der Waals surface area contributed by atoms with E-state index in [0.29, 0.717) is 18.7 Å². The van der Waals surface area contributed by atoms with E-state index < -0.39 is 0 Å². The number of benzene rings is 1. The molecule has 1 saturated heterocycles. The lowest BCUT2D eigenvalue weighted by Gasteiger charge is -2.40. The van der Waals surface area contributed by atoms with Crippen molar-refractivity contribution in [2.24, 2.45) is 0 Å². The third-order valence-electron chi connectivity index (χ3n) is 6.41. The molecule has 29 heavy (non-hydrogen) atoms. The van der Waals surface area contributed by atoms with E-state index in [0.717, 1.165) is 47.9 Å². The summed E-state index contributed by atoms with van der Waals surface area (Å²) in [5, 5.41) is 3.06. The van der Waals surface area contributed by atoms with Crippen LogP contribution in [-0.4, -0.2) is 67.6 Å². The first-order valence-electron chi connectivity index (χ1n) is 11.1. The second kappa shape index (κ2) is 10.1. The first kappa shape index (κ1) is 20.9. The molecule has 0 spiro atoms. The van der Waals surface area contributed by atoms with Gasteiger partial charge in [-0.3, -0.25) is 9.69 Å². The van der Waals surface area contributed by atoms with Crippen LogP contribution in [-0.2, 0) is 4.79 Å². The molecule has 1 aliphatic carbocycles. The molecule has 2 heterocycles. The van der Waals surface area contributed by atoms with Crippen molar-refractivity contribution in [1.29, 1.82) is 0 Å². The summed E-state index contributed by atoms with van der Waals surface area (Å²) in [5.74, 6) is 0.815. The number of piperazine rings is 1. The number of hydrogen-bond acceptors (Lipinski definition) is 4. The Morgan fingerprint density at radius 1 is 1.14 bits per heavy atom. The molecule has 3 aliphatic rings. The van der Waals surface area contributed by atoms with Crippen LogP contribution in [0.3, 0.4) is 0 Å².